The van der Waals surface area contributed by atoms with Crippen molar-refractivity contribution >= 4 is 52.1 Å². The SMILES string of the molecule is CCOC(=O)c1ccc(N2NC(=O)/C(=C/c3cccc(I)c3)C2=O)cc1. The summed E-state index contributed by atoms with van der Waals surface area (Å²) in [6, 6.07) is 13.8. The molecule has 1 aliphatic rings. The van der Waals surface area contributed by atoms with Crippen LogP contribution in [0.1, 0.15) is 22.8 Å². The number of amides is 2. The Morgan fingerprint density at radius 3 is 2.58 bits per heavy atom. The van der Waals surface area contributed by atoms with E-state index in [2.05, 4.69) is 28.0 Å². The van der Waals surface area contributed by atoms with Crippen molar-refractivity contribution in [3.05, 3.63) is 68.8 Å². The predicted octanol–water partition coefficient (Wildman–Crippen LogP) is 2.93. The van der Waals surface area contributed by atoms with E-state index in [1.165, 1.54) is 0 Å². The summed E-state index contributed by atoms with van der Waals surface area (Å²) in [5.41, 5.74) is 4.21. The van der Waals surface area contributed by atoms with Gasteiger partial charge < -0.3 is 4.74 Å². The number of nitrogens with one attached hydrogen (secondary N) is 1. The number of esters is 1. The third kappa shape index (κ3) is 3.77. The molecule has 0 aliphatic carbocycles. The first-order valence-corrected chi connectivity index (χ1v) is 8.97. The van der Waals surface area contributed by atoms with Crippen LogP contribution in [0.2, 0.25) is 0 Å². The van der Waals surface area contributed by atoms with E-state index in [4.69, 9.17) is 4.74 Å². The monoisotopic (exact) mass is 462 g/mol. The highest BCUT2D eigenvalue weighted by molar-refractivity contribution is 14.1. The Morgan fingerprint density at radius 2 is 1.92 bits per heavy atom. The van der Waals surface area contributed by atoms with Gasteiger partial charge in [0.2, 0.25) is 0 Å². The van der Waals surface area contributed by atoms with E-state index in [1.54, 1.807) is 37.3 Å². The maximum Gasteiger partial charge on any atom is 0.338 e. The van der Waals surface area contributed by atoms with Crippen LogP contribution in [0.25, 0.3) is 6.08 Å². The van der Waals surface area contributed by atoms with Crippen molar-refractivity contribution in [2.45, 2.75) is 6.92 Å². The Kier molecular flexibility index (Phi) is 5.36. The summed E-state index contributed by atoms with van der Waals surface area (Å²) < 4.78 is 5.93. The second-order valence-corrected chi connectivity index (χ2v) is 6.71. The van der Waals surface area contributed by atoms with Crippen molar-refractivity contribution in [1.82, 2.24) is 5.43 Å². The third-order valence-corrected chi connectivity index (χ3v) is 4.36. The second kappa shape index (κ2) is 7.69. The van der Waals surface area contributed by atoms with Crippen molar-refractivity contribution < 1.29 is 19.1 Å². The average molecular weight is 462 g/mol. The smallest absolute Gasteiger partial charge is 0.338 e. The van der Waals surface area contributed by atoms with Gasteiger partial charge in [0.25, 0.3) is 11.8 Å². The largest absolute Gasteiger partial charge is 0.462 e. The predicted molar refractivity (Wildman–Crippen MR) is 105 cm³/mol. The molecule has 0 atom stereocenters. The maximum absolute atomic E-state index is 12.6. The van der Waals surface area contributed by atoms with Crippen LogP contribution in [0, 0.1) is 3.57 Å². The lowest BCUT2D eigenvalue weighted by Crippen LogP contribution is -2.35. The Morgan fingerprint density at radius 1 is 1.19 bits per heavy atom. The highest BCUT2D eigenvalue weighted by Crippen LogP contribution is 2.22. The van der Waals surface area contributed by atoms with Gasteiger partial charge >= 0.3 is 5.97 Å². The van der Waals surface area contributed by atoms with Gasteiger partial charge in [0.1, 0.15) is 5.57 Å². The third-order valence-electron chi connectivity index (χ3n) is 3.69. The Hall–Kier alpha value is -2.68. The zero-order valence-electron chi connectivity index (χ0n) is 13.9. The molecular weight excluding hydrogens is 447 g/mol. The van der Waals surface area contributed by atoms with Crippen molar-refractivity contribution in [3.63, 3.8) is 0 Å². The van der Waals surface area contributed by atoms with Gasteiger partial charge in [-0.2, -0.15) is 0 Å². The minimum absolute atomic E-state index is 0.0569. The minimum atomic E-state index is -0.469. The first kappa shape index (κ1) is 18.1. The van der Waals surface area contributed by atoms with Crippen molar-refractivity contribution in [3.8, 4) is 0 Å². The Balaban J connectivity index is 1.84. The van der Waals surface area contributed by atoms with Crippen molar-refractivity contribution in [2.24, 2.45) is 0 Å². The van der Waals surface area contributed by atoms with Crippen LogP contribution in [0.5, 0.6) is 0 Å². The van der Waals surface area contributed by atoms with Gasteiger partial charge in [-0.15, -0.1) is 0 Å². The number of nitrogens with zero attached hydrogens (tertiary/aromatic N) is 1. The number of hydrogen-bond donors (Lipinski definition) is 1. The Labute approximate surface area is 163 Å². The van der Waals surface area contributed by atoms with Crippen LogP contribution in [-0.4, -0.2) is 24.4 Å². The number of rotatable bonds is 4. The fraction of sp³-hybridized carbons (Fsp3) is 0.105. The number of hydrazine groups is 1. The highest BCUT2D eigenvalue weighted by Gasteiger charge is 2.34. The standard InChI is InChI=1S/C19H15IN2O4/c1-2-26-19(25)13-6-8-15(9-7-13)22-18(24)16(17(23)21-22)11-12-4-3-5-14(20)10-12/h3-11H,2H2,1H3,(H,21,23)/b16-11-. The molecule has 0 unspecified atom stereocenters. The number of ether oxygens (including phenoxy) is 1. The molecule has 3 rings (SSSR count). The first-order valence-electron chi connectivity index (χ1n) is 7.89. The van der Waals surface area contributed by atoms with Crippen LogP contribution in [-0.2, 0) is 14.3 Å². The lowest BCUT2D eigenvalue weighted by atomic mass is 10.1. The number of carbonyl (C=O) groups is 3. The molecule has 0 bridgehead atoms. The average Bonchev–Trinajstić information content (AvgIpc) is 2.90. The summed E-state index contributed by atoms with van der Waals surface area (Å²) >= 11 is 2.17. The first-order chi connectivity index (χ1) is 12.5. The van der Waals surface area contributed by atoms with Crippen LogP contribution < -0.4 is 10.4 Å². The fourth-order valence-corrected chi connectivity index (χ4v) is 3.03. The van der Waals surface area contributed by atoms with Gasteiger partial charge in [-0.25, -0.2) is 9.80 Å². The molecule has 2 aromatic carbocycles. The van der Waals surface area contributed by atoms with Gasteiger partial charge in [0, 0.05) is 3.57 Å². The van der Waals surface area contributed by atoms with E-state index in [0.29, 0.717) is 11.3 Å². The molecule has 0 aromatic heterocycles. The molecule has 1 fully saturated rings. The van der Waals surface area contributed by atoms with E-state index in [9.17, 15) is 14.4 Å². The van der Waals surface area contributed by atoms with Gasteiger partial charge in [0.15, 0.2) is 0 Å². The van der Waals surface area contributed by atoms with Crippen molar-refractivity contribution in [1.29, 1.82) is 0 Å². The summed E-state index contributed by atoms with van der Waals surface area (Å²) in [6.45, 7) is 2.01. The quantitative estimate of drug-likeness (QED) is 0.328. The van der Waals surface area contributed by atoms with Gasteiger partial charge in [-0.1, -0.05) is 12.1 Å². The molecule has 1 aliphatic heterocycles. The normalized spacial score (nSPS) is 15.3. The highest BCUT2D eigenvalue weighted by atomic mass is 127. The Bertz CT molecular complexity index is 906. The lowest BCUT2D eigenvalue weighted by molar-refractivity contribution is -0.117. The molecule has 0 saturated carbocycles. The van der Waals surface area contributed by atoms with Crippen LogP contribution in [0.15, 0.2) is 54.1 Å². The minimum Gasteiger partial charge on any atom is -0.462 e. The molecule has 0 spiro atoms. The molecule has 2 aromatic rings. The van der Waals surface area contributed by atoms with Gasteiger partial charge in [-0.05, 0) is 77.6 Å². The van der Waals surface area contributed by atoms with E-state index in [1.807, 2.05) is 24.3 Å². The molecule has 0 radical (unpaired) electrons. The maximum atomic E-state index is 12.6. The summed E-state index contributed by atoms with van der Waals surface area (Å²) in [6.07, 6.45) is 1.56. The van der Waals surface area contributed by atoms with Gasteiger partial charge in [-0.3, -0.25) is 15.0 Å². The van der Waals surface area contributed by atoms with E-state index < -0.39 is 17.8 Å². The van der Waals surface area contributed by atoms with E-state index >= 15 is 0 Å². The molecular formula is C19H15IN2O4. The number of anilines is 1. The summed E-state index contributed by atoms with van der Waals surface area (Å²) in [4.78, 5) is 36.5. The van der Waals surface area contributed by atoms with Crippen LogP contribution in [0.3, 0.4) is 0 Å². The zero-order chi connectivity index (χ0) is 18.7. The molecule has 132 valence electrons. The van der Waals surface area contributed by atoms with Crippen LogP contribution >= 0.6 is 22.6 Å². The summed E-state index contributed by atoms with van der Waals surface area (Å²) in [5.74, 6) is -1.35. The van der Waals surface area contributed by atoms with E-state index in [0.717, 1.165) is 14.1 Å². The molecule has 6 nitrogen and oxygen atoms in total. The summed E-state index contributed by atoms with van der Waals surface area (Å²) in [7, 11) is 0. The number of benzene rings is 2. The van der Waals surface area contributed by atoms with E-state index in [-0.39, 0.29) is 12.2 Å². The number of halogens is 1. The van der Waals surface area contributed by atoms with Crippen molar-refractivity contribution in [2.75, 3.05) is 11.6 Å². The fourth-order valence-electron chi connectivity index (χ4n) is 2.46. The molecule has 7 heteroatoms. The lowest BCUT2D eigenvalue weighted by Gasteiger charge is -2.14. The molecule has 1 N–H and O–H groups in total. The van der Waals surface area contributed by atoms with Crippen LogP contribution in [0.4, 0.5) is 5.69 Å². The zero-order valence-corrected chi connectivity index (χ0v) is 16.0. The molecule has 1 saturated heterocycles. The molecule has 2 amide bonds. The second-order valence-electron chi connectivity index (χ2n) is 5.46. The number of hydrogen-bond acceptors (Lipinski definition) is 4. The number of carbonyl (C=O) groups excluding carboxylic acids is 3. The molecule has 1 heterocycles. The molecule has 26 heavy (non-hydrogen) atoms. The summed E-state index contributed by atoms with van der Waals surface area (Å²) in [5, 5.41) is 1.16. The van der Waals surface area contributed by atoms with Gasteiger partial charge in [0.05, 0.1) is 17.9 Å². The topological polar surface area (TPSA) is 75.7 Å².